The molecular weight excluding hydrogens is 358 g/mol. The summed E-state index contributed by atoms with van der Waals surface area (Å²) in [7, 11) is 0. The Bertz CT molecular complexity index is 896. The SMILES string of the molecule is O=C1OCC[C@@H]1Sc1nnc(-c2ccc(Cl)cc2)n1-c1ccccc1. The third-order valence-corrected chi connectivity index (χ3v) is 5.32. The molecule has 0 radical (unpaired) electrons. The van der Waals surface area contributed by atoms with Crippen molar-refractivity contribution >= 4 is 29.3 Å². The molecule has 1 saturated heterocycles. The maximum absolute atomic E-state index is 11.8. The summed E-state index contributed by atoms with van der Waals surface area (Å²) < 4.78 is 7.01. The average molecular weight is 372 g/mol. The highest BCUT2D eigenvalue weighted by molar-refractivity contribution is 8.00. The molecule has 1 fully saturated rings. The zero-order chi connectivity index (χ0) is 17.2. The van der Waals surface area contributed by atoms with Crippen LogP contribution in [0.15, 0.2) is 59.8 Å². The summed E-state index contributed by atoms with van der Waals surface area (Å²) in [6.45, 7) is 0.458. The second kappa shape index (κ2) is 6.90. The Morgan fingerprint density at radius 2 is 1.84 bits per heavy atom. The summed E-state index contributed by atoms with van der Waals surface area (Å²) in [4.78, 5) is 11.8. The Morgan fingerprint density at radius 1 is 1.08 bits per heavy atom. The van der Waals surface area contributed by atoms with Crippen molar-refractivity contribution in [3.8, 4) is 17.1 Å². The molecule has 1 atom stereocenters. The Morgan fingerprint density at radius 3 is 2.52 bits per heavy atom. The predicted octanol–water partition coefficient (Wildman–Crippen LogP) is 4.00. The normalized spacial score (nSPS) is 16.8. The summed E-state index contributed by atoms with van der Waals surface area (Å²) in [6, 6.07) is 17.3. The van der Waals surface area contributed by atoms with Gasteiger partial charge in [0, 0.05) is 22.7 Å². The molecular formula is C18H14ClN3O2S. The number of thioether (sulfide) groups is 1. The molecule has 7 heteroatoms. The molecule has 0 spiro atoms. The van der Waals surface area contributed by atoms with Crippen molar-refractivity contribution < 1.29 is 9.53 Å². The fourth-order valence-electron chi connectivity index (χ4n) is 2.65. The van der Waals surface area contributed by atoms with Gasteiger partial charge in [0.2, 0.25) is 0 Å². The maximum atomic E-state index is 11.8. The first kappa shape index (κ1) is 16.2. The van der Waals surface area contributed by atoms with E-state index in [1.807, 2.05) is 59.2 Å². The van der Waals surface area contributed by atoms with Crippen LogP contribution in [0, 0.1) is 0 Å². The first-order valence-electron chi connectivity index (χ1n) is 7.82. The number of nitrogens with zero attached hydrogens (tertiary/aromatic N) is 3. The van der Waals surface area contributed by atoms with E-state index in [0.29, 0.717) is 29.0 Å². The van der Waals surface area contributed by atoms with E-state index in [4.69, 9.17) is 16.3 Å². The largest absolute Gasteiger partial charge is 0.465 e. The Balaban J connectivity index is 1.79. The summed E-state index contributed by atoms with van der Waals surface area (Å²) in [5.74, 6) is 0.511. The fraction of sp³-hybridized carbons (Fsp3) is 0.167. The fourth-order valence-corrected chi connectivity index (χ4v) is 3.80. The number of hydrogen-bond donors (Lipinski definition) is 0. The maximum Gasteiger partial charge on any atom is 0.319 e. The molecule has 0 saturated carbocycles. The molecule has 5 nitrogen and oxygen atoms in total. The number of ether oxygens (including phenoxy) is 1. The highest BCUT2D eigenvalue weighted by atomic mass is 35.5. The van der Waals surface area contributed by atoms with Gasteiger partial charge in [-0.3, -0.25) is 9.36 Å². The summed E-state index contributed by atoms with van der Waals surface area (Å²) >= 11 is 7.38. The van der Waals surface area contributed by atoms with E-state index >= 15 is 0 Å². The first-order chi connectivity index (χ1) is 12.2. The summed E-state index contributed by atoms with van der Waals surface area (Å²) in [6.07, 6.45) is 0.682. The lowest BCUT2D eigenvalue weighted by molar-refractivity contribution is -0.137. The molecule has 25 heavy (non-hydrogen) atoms. The van der Waals surface area contributed by atoms with Crippen LogP contribution in [0.2, 0.25) is 5.02 Å². The van der Waals surface area contributed by atoms with Gasteiger partial charge < -0.3 is 4.74 Å². The number of benzene rings is 2. The van der Waals surface area contributed by atoms with Crippen LogP contribution in [0.25, 0.3) is 17.1 Å². The molecule has 0 aliphatic carbocycles. The zero-order valence-corrected chi connectivity index (χ0v) is 14.7. The molecule has 126 valence electrons. The van der Waals surface area contributed by atoms with Crippen LogP contribution in [0.1, 0.15) is 6.42 Å². The molecule has 1 aliphatic heterocycles. The molecule has 0 bridgehead atoms. The highest BCUT2D eigenvalue weighted by Gasteiger charge is 2.30. The second-order valence-corrected chi connectivity index (χ2v) is 7.15. The summed E-state index contributed by atoms with van der Waals surface area (Å²) in [5.41, 5.74) is 1.84. The lowest BCUT2D eigenvalue weighted by atomic mass is 10.2. The predicted molar refractivity (Wildman–Crippen MR) is 97.0 cm³/mol. The van der Waals surface area contributed by atoms with E-state index in [1.54, 1.807) is 0 Å². The quantitative estimate of drug-likeness (QED) is 0.649. The van der Waals surface area contributed by atoms with Gasteiger partial charge in [-0.05, 0) is 36.4 Å². The van der Waals surface area contributed by atoms with Crippen molar-refractivity contribution in [2.24, 2.45) is 0 Å². The van der Waals surface area contributed by atoms with Crippen molar-refractivity contribution in [2.45, 2.75) is 16.8 Å². The van der Waals surface area contributed by atoms with Gasteiger partial charge in [-0.25, -0.2) is 0 Å². The molecule has 4 rings (SSSR count). The topological polar surface area (TPSA) is 57.0 Å². The number of para-hydroxylation sites is 1. The molecule has 3 aromatic rings. The van der Waals surface area contributed by atoms with Crippen LogP contribution < -0.4 is 0 Å². The number of hydrogen-bond acceptors (Lipinski definition) is 5. The number of rotatable bonds is 4. The number of carbonyl (C=O) groups excluding carboxylic acids is 1. The molecule has 0 amide bonds. The van der Waals surface area contributed by atoms with Gasteiger partial charge in [0.25, 0.3) is 0 Å². The van der Waals surface area contributed by atoms with Crippen molar-refractivity contribution in [1.82, 2.24) is 14.8 Å². The molecule has 0 unspecified atom stereocenters. The van der Waals surface area contributed by atoms with Crippen molar-refractivity contribution in [1.29, 1.82) is 0 Å². The number of aromatic nitrogens is 3. The molecule has 1 aliphatic rings. The Kier molecular flexibility index (Phi) is 4.46. The van der Waals surface area contributed by atoms with Gasteiger partial charge in [0.15, 0.2) is 11.0 Å². The van der Waals surface area contributed by atoms with Crippen LogP contribution in [-0.2, 0) is 9.53 Å². The van der Waals surface area contributed by atoms with Gasteiger partial charge in [-0.2, -0.15) is 0 Å². The number of halogens is 1. The third kappa shape index (κ3) is 3.27. The van der Waals surface area contributed by atoms with Gasteiger partial charge in [0.05, 0.1) is 6.61 Å². The van der Waals surface area contributed by atoms with Crippen LogP contribution in [0.5, 0.6) is 0 Å². The molecule has 2 heterocycles. The van der Waals surface area contributed by atoms with Gasteiger partial charge >= 0.3 is 5.97 Å². The highest BCUT2D eigenvalue weighted by Crippen LogP contribution is 2.33. The van der Waals surface area contributed by atoms with Crippen LogP contribution in [0.3, 0.4) is 0 Å². The average Bonchev–Trinajstić information content (AvgIpc) is 3.23. The smallest absolute Gasteiger partial charge is 0.319 e. The molecule has 1 aromatic heterocycles. The molecule has 0 N–H and O–H groups in total. The van der Waals surface area contributed by atoms with Crippen LogP contribution in [0.4, 0.5) is 0 Å². The lowest BCUT2D eigenvalue weighted by Crippen LogP contribution is -2.11. The van der Waals surface area contributed by atoms with E-state index in [-0.39, 0.29) is 11.2 Å². The number of esters is 1. The molecule has 2 aromatic carbocycles. The Labute approximate surface area is 154 Å². The van der Waals surface area contributed by atoms with Crippen LogP contribution >= 0.6 is 23.4 Å². The van der Waals surface area contributed by atoms with Crippen molar-refractivity contribution in [2.75, 3.05) is 6.61 Å². The van der Waals surface area contributed by atoms with Crippen molar-refractivity contribution in [3.63, 3.8) is 0 Å². The van der Waals surface area contributed by atoms with Gasteiger partial charge in [-0.15, -0.1) is 10.2 Å². The minimum absolute atomic E-state index is 0.194. The number of carbonyl (C=O) groups is 1. The van der Waals surface area contributed by atoms with Crippen LogP contribution in [-0.4, -0.2) is 32.6 Å². The van der Waals surface area contributed by atoms with E-state index in [9.17, 15) is 4.79 Å². The first-order valence-corrected chi connectivity index (χ1v) is 9.08. The standard InChI is InChI=1S/C18H14ClN3O2S/c19-13-8-6-12(7-9-13)16-20-21-18(25-15-10-11-24-17(15)23)22(16)14-4-2-1-3-5-14/h1-9,15H,10-11H2/t15-/m0/s1. The van der Waals surface area contributed by atoms with Gasteiger partial charge in [0.1, 0.15) is 5.25 Å². The van der Waals surface area contributed by atoms with E-state index < -0.39 is 0 Å². The Hall–Kier alpha value is -2.31. The third-order valence-electron chi connectivity index (χ3n) is 3.89. The minimum atomic E-state index is -0.246. The van der Waals surface area contributed by atoms with E-state index in [0.717, 1.165) is 11.3 Å². The number of cyclic esters (lactones) is 1. The monoisotopic (exact) mass is 371 g/mol. The lowest BCUT2D eigenvalue weighted by Gasteiger charge is -2.11. The van der Waals surface area contributed by atoms with E-state index in [2.05, 4.69) is 10.2 Å². The zero-order valence-electron chi connectivity index (χ0n) is 13.1. The minimum Gasteiger partial charge on any atom is -0.465 e. The second-order valence-electron chi connectivity index (χ2n) is 5.55. The summed E-state index contributed by atoms with van der Waals surface area (Å²) in [5, 5.41) is 9.77. The van der Waals surface area contributed by atoms with E-state index in [1.165, 1.54) is 11.8 Å². The van der Waals surface area contributed by atoms with Gasteiger partial charge in [-0.1, -0.05) is 41.6 Å². The van der Waals surface area contributed by atoms with Crippen molar-refractivity contribution in [3.05, 3.63) is 59.6 Å².